The lowest BCUT2D eigenvalue weighted by Crippen LogP contribution is -2.44. The van der Waals surface area contributed by atoms with E-state index in [1.54, 1.807) is 0 Å². The third kappa shape index (κ3) is 6.59. The highest BCUT2D eigenvalue weighted by Gasteiger charge is 2.22. The molecule has 1 amide bonds. The van der Waals surface area contributed by atoms with Crippen LogP contribution in [0.1, 0.15) is 33.1 Å². The Bertz CT molecular complexity index is 253. The van der Waals surface area contributed by atoms with Crippen molar-refractivity contribution in [2.45, 2.75) is 39.2 Å². The van der Waals surface area contributed by atoms with E-state index in [2.05, 4.69) is 24.1 Å². The van der Waals surface area contributed by atoms with Crippen molar-refractivity contribution in [3.63, 3.8) is 0 Å². The fraction of sp³-hybridized carbons (Fsp3) is 0.929. The Morgan fingerprint density at radius 2 is 1.95 bits per heavy atom. The van der Waals surface area contributed by atoms with Crippen molar-refractivity contribution in [2.75, 3.05) is 40.3 Å². The summed E-state index contributed by atoms with van der Waals surface area (Å²) in [6, 6.07) is 0.297. The summed E-state index contributed by atoms with van der Waals surface area (Å²) in [5.74, 6) is 1.09. The van der Waals surface area contributed by atoms with Gasteiger partial charge < -0.3 is 10.2 Å². The van der Waals surface area contributed by atoms with E-state index in [1.165, 1.54) is 19.3 Å². The molecule has 0 aromatic carbocycles. The molecule has 0 radical (unpaired) electrons. The summed E-state index contributed by atoms with van der Waals surface area (Å²) < 4.78 is 0. The minimum absolute atomic E-state index is 0. The van der Waals surface area contributed by atoms with Gasteiger partial charge in [-0.2, -0.15) is 0 Å². The molecule has 0 unspecified atom stereocenters. The van der Waals surface area contributed by atoms with E-state index >= 15 is 0 Å². The number of nitrogens with zero attached hydrogens (tertiary/aromatic N) is 2. The Labute approximate surface area is 124 Å². The lowest BCUT2D eigenvalue weighted by Gasteiger charge is -2.33. The van der Waals surface area contributed by atoms with Crippen LogP contribution < -0.4 is 5.32 Å². The number of rotatable bonds is 6. The molecule has 0 spiro atoms. The molecule has 1 fully saturated rings. The van der Waals surface area contributed by atoms with Crippen LogP contribution in [0.15, 0.2) is 0 Å². The molecule has 19 heavy (non-hydrogen) atoms. The average Bonchev–Trinajstić information content (AvgIpc) is 2.36. The molecule has 0 saturated carbocycles. The van der Waals surface area contributed by atoms with E-state index in [1.807, 2.05) is 19.0 Å². The molecule has 1 aliphatic heterocycles. The maximum Gasteiger partial charge on any atom is 0.236 e. The van der Waals surface area contributed by atoms with Gasteiger partial charge in [0.2, 0.25) is 5.91 Å². The molecule has 0 aromatic rings. The molecule has 1 saturated heterocycles. The number of piperidine rings is 1. The van der Waals surface area contributed by atoms with Gasteiger partial charge in [0.25, 0.3) is 0 Å². The molecule has 1 rings (SSSR count). The second-order valence-corrected chi connectivity index (χ2v) is 5.71. The number of nitrogens with one attached hydrogen (secondary N) is 1. The van der Waals surface area contributed by atoms with Gasteiger partial charge in [0, 0.05) is 13.1 Å². The van der Waals surface area contributed by atoms with Crippen molar-refractivity contribution in [3.8, 4) is 0 Å². The van der Waals surface area contributed by atoms with Crippen molar-refractivity contribution in [1.29, 1.82) is 0 Å². The molecular weight excluding hydrogens is 262 g/mol. The Balaban J connectivity index is 0.00000324. The lowest BCUT2D eigenvalue weighted by atomic mass is 9.93. The summed E-state index contributed by atoms with van der Waals surface area (Å²) in [4.78, 5) is 16.1. The van der Waals surface area contributed by atoms with Gasteiger partial charge in [0.15, 0.2) is 0 Å². The Kier molecular flexibility index (Phi) is 9.40. The van der Waals surface area contributed by atoms with Crippen molar-refractivity contribution in [3.05, 3.63) is 0 Å². The highest BCUT2D eigenvalue weighted by atomic mass is 35.5. The van der Waals surface area contributed by atoms with Crippen LogP contribution in [0.5, 0.6) is 0 Å². The summed E-state index contributed by atoms with van der Waals surface area (Å²) in [5, 5.41) is 3.21. The fourth-order valence-corrected chi connectivity index (χ4v) is 2.37. The minimum Gasteiger partial charge on any atom is -0.342 e. The number of amides is 1. The third-order valence-electron chi connectivity index (χ3n) is 4.04. The average molecular weight is 292 g/mol. The lowest BCUT2D eigenvalue weighted by molar-refractivity contribution is -0.132. The topological polar surface area (TPSA) is 35.6 Å². The molecule has 1 aliphatic rings. The molecule has 1 heterocycles. The molecule has 0 bridgehead atoms. The highest BCUT2D eigenvalue weighted by molar-refractivity contribution is 5.85. The van der Waals surface area contributed by atoms with Crippen LogP contribution in [-0.2, 0) is 4.79 Å². The van der Waals surface area contributed by atoms with E-state index in [-0.39, 0.29) is 18.3 Å². The zero-order valence-corrected chi connectivity index (χ0v) is 13.6. The predicted octanol–water partition coefficient (Wildman–Crippen LogP) is 1.60. The van der Waals surface area contributed by atoms with Gasteiger partial charge in [-0.1, -0.05) is 0 Å². The number of carbonyl (C=O) groups excluding carboxylic acids is 1. The van der Waals surface area contributed by atoms with Crippen LogP contribution in [0.4, 0.5) is 0 Å². The molecule has 1 N–H and O–H groups in total. The number of hydrogen-bond acceptors (Lipinski definition) is 3. The van der Waals surface area contributed by atoms with Crippen LogP contribution in [-0.4, -0.2) is 62.0 Å². The third-order valence-corrected chi connectivity index (χ3v) is 4.04. The Morgan fingerprint density at radius 3 is 2.42 bits per heavy atom. The Hall–Kier alpha value is -0.320. The second kappa shape index (κ2) is 9.56. The normalized spacial score (nSPS) is 17.3. The summed E-state index contributed by atoms with van der Waals surface area (Å²) in [7, 11) is 3.90. The maximum absolute atomic E-state index is 12.0. The summed E-state index contributed by atoms with van der Waals surface area (Å²) in [5.41, 5.74) is 0. The number of halogens is 1. The first-order valence-corrected chi connectivity index (χ1v) is 7.17. The van der Waals surface area contributed by atoms with Gasteiger partial charge in [0.05, 0.1) is 6.54 Å². The van der Waals surface area contributed by atoms with Gasteiger partial charge in [-0.3, -0.25) is 9.69 Å². The number of carbonyl (C=O) groups is 1. The van der Waals surface area contributed by atoms with Crippen LogP contribution in [0.25, 0.3) is 0 Å². The smallest absolute Gasteiger partial charge is 0.236 e. The van der Waals surface area contributed by atoms with E-state index in [0.29, 0.717) is 12.6 Å². The Morgan fingerprint density at radius 1 is 1.37 bits per heavy atom. The summed E-state index contributed by atoms with van der Waals surface area (Å²) in [6.07, 6.45) is 3.74. The van der Waals surface area contributed by atoms with Crippen molar-refractivity contribution in [2.24, 2.45) is 5.92 Å². The van der Waals surface area contributed by atoms with E-state index < -0.39 is 0 Å². The van der Waals surface area contributed by atoms with Gasteiger partial charge in [-0.15, -0.1) is 12.4 Å². The standard InChI is InChI=1S/C14H29N3O.ClH/c1-12(2)16(4)14(18)11-17-9-6-13(7-10-17)5-8-15-3;/h12-13,15H,5-11H2,1-4H3;1H. The molecule has 114 valence electrons. The van der Waals surface area contributed by atoms with Crippen LogP contribution >= 0.6 is 12.4 Å². The zero-order valence-electron chi connectivity index (χ0n) is 12.8. The minimum atomic E-state index is 0. The quantitative estimate of drug-likeness (QED) is 0.807. The molecule has 0 atom stereocenters. The van der Waals surface area contributed by atoms with Crippen molar-refractivity contribution in [1.82, 2.24) is 15.1 Å². The first kappa shape index (κ1) is 18.7. The monoisotopic (exact) mass is 291 g/mol. The number of likely N-dealkylation sites (tertiary alicyclic amines) is 1. The summed E-state index contributed by atoms with van der Waals surface area (Å²) >= 11 is 0. The van der Waals surface area contributed by atoms with E-state index in [0.717, 1.165) is 25.6 Å². The molecule has 0 aliphatic carbocycles. The predicted molar refractivity (Wildman–Crippen MR) is 82.9 cm³/mol. The molecule has 5 heteroatoms. The number of likely N-dealkylation sites (N-methyl/N-ethyl adjacent to an activating group) is 1. The number of hydrogen-bond donors (Lipinski definition) is 1. The first-order valence-electron chi connectivity index (χ1n) is 7.17. The van der Waals surface area contributed by atoms with E-state index in [9.17, 15) is 4.79 Å². The SMILES string of the molecule is CNCCC1CCN(CC(=O)N(C)C(C)C)CC1.Cl. The van der Waals surface area contributed by atoms with Gasteiger partial charge in [-0.05, 0) is 65.7 Å². The van der Waals surface area contributed by atoms with Crippen LogP contribution in [0.3, 0.4) is 0 Å². The highest BCUT2D eigenvalue weighted by Crippen LogP contribution is 2.19. The maximum atomic E-state index is 12.0. The zero-order chi connectivity index (χ0) is 13.5. The second-order valence-electron chi connectivity index (χ2n) is 5.71. The molecule has 4 nitrogen and oxygen atoms in total. The van der Waals surface area contributed by atoms with Crippen molar-refractivity contribution < 1.29 is 4.79 Å². The largest absolute Gasteiger partial charge is 0.342 e. The van der Waals surface area contributed by atoms with E-state index in [4.69, 9.17) is 0 Å². The van der Waals surface area contributed by atoms with Gasteiger partial charge in [0.1, 0.15) is 0 Å². The summed E-state index contributed by atoms with van der Waals surface area (Å²) in [6.45, 7) is 7.97. The molecular formula is C14H30ClN3O. The van der Waals surface area contributed by atoms with Crippen molar-refractivity contribution >= 4 is 18.3 Å². The van der Waals surface area contributed by atoms with Gasteiger partial charge in [-0.25, -0.2) is 0 Å². The van der Waals surface area contributed by atoms with Crippen LogP contribution in [0, 0.1) is 5.92 Å². The first-order chi connectivity index (χ1) is 8.54. The fourth-order valence-electron chi connectivity index (χ4n) is 2.37. The van der Waals surface area contributed by atoms with Gasteiger partial charge >= 0.3 is 0 Å². The van der Waals surface area contributed by atoms with Crippen LogP contribution in [0.2, 0.25) is 0 Å². The molecule has 0 aromatic heterocycles.